The second kappa shape index (κ2) is 10.8. The number of ether oxygens (including phenoxy) is 1. The Morgan fingerprint density at radius 3 is 2.55 bits per heavy atom. The van der Waals surface area contributed by atoms with Gasteiger partial charge in [0, 0.05) is 29.8 Å². The number of aromatic nitrogens is 4. The number of furan rings is 1. The molecule has 3 aromatic heterocycles. The molecule has 5 rings (SSSR count). The van der Waals surface area contributed by atoms with E-state index in [2.05, 4.69) is 16.9 Å². The van der Waals surface area contributed by atoms with Gasteiger partial charge in [-0.05, 0) is 76.6 Å². The standard InChI is InChI=1S/C29H33N5O4/c1-5-37-29(36)23-16-33(32-27(23)34(18(2)3)28(35)21-8-6-19(4)7-9-21)22-12-10-20(11-13-22)25-14-24-26(38-25)15-30-17-31-24/h10-19,21H,5-9H2,1-4H3/t19-,21-. The third kappa shape index (κ3) is 5.05. The van der Waals surface area contributed by atoms with Gasteiger partial charge in [-0.1, -0.05) is 6.92 Å². The van der Waals surface area contributed by atoms with Crippen LogP contribution in [-0.2, 0) is 9.53 Å². The highest BCUT2D eigenvalue weighted by Gasteiger charge is 2.34. The molecule has 0 aliphatic heterocycles. The van der Waals surface area contributed by atoms with Crippen molar-refractivity contribution >= 4 is 28.8 Å². The molecule has 9 nitrogen and oxygen atoms in total. The number of hydrogen-bond acceptors (Lipinski definition) is 7. The van der Waals surface area contributed by atoms with Crippen LogP contribution in [0.3, 0.4) is 0 Å². The molecule has 0 spiro atoms. The lowest BCUT2D eigenvalue weighted by molar-refractivity contribution is -0.124. The average Bonchev–Trinajstić information content (AvgIpc) is 3.54. The fourth-order valence-electron chi connectivity index (χ4n) is 5.04. The zero-order valence-electron chi connectivity index (χ0n) is 22.3. The topological polar surface area (TPSA) is 103 Å². The smallest absolute Gasteiger partial charge is 0.343 e. The van der Waals surface area contributed by atoms with Crippen LogP contribution < -0.4 is 4.90 Å². The summed E-state index contributed by atoms with van der Waals surface area (Å²) in [7, 11) is 0. The zero-order chi connectivity index (χ0) is 26.8. The lowest BCUT2D eigenvalue weighted by Crippen LogP contribution is -2.43. The SMILES string of the molecule is CCOC(=O)c1cn(-c2ccc(-c3cc4ncncc4o3)cc2)nc1N(C(=O)[C@H]1CC[C@H](C)CC1)C(C)C. The summed E-state index contributed by atoms with van der Waals surface area (Å²) in [6, 6.07) is 9.32. The molecule has 1 aromatic carbocycles. The largest absolute Gasteiger partial charge is 0.462 e. The normalized spacial score (nSPS) is 17.6. The highest BCUT2D eigenvalue weighted by molar-refractivity contribution is 6.02. The number of amides is 1. The summed E-state index contributed by atoms with van der Waals surface area (Å²) in [5.74, 6) is 1.11. The van der Waals surface area contributed by atoms with Crippen molar-refractivity contribution in [3.05, 3.63) is 54.6 Å². The quantitative estimate of drug-likeness (QED) is 0.286. The van der Waals surface area contributed by atoms with Gasteiger partial charge in [0.2, 0.25) is 5.91 Å². The van der Waals surface area contributed by atoms with Crippen LogP contribution in [-0.4, -0.2) is 44.3 Å². The van der Waals surface area contributed by atoms with E-state index in [0.717, 1.165) is 42.5 Å². The predicted molar refractivity (Wildman–Crippen MR) is 144 cm³/mol. The highest BCUT2D eigenvalue weighted by Crippen LogP contribution is 2.33. The van der Waals surface area contributed by atoms with Gasteiger partial charge in [0.15, 0.2) is 11.4 Å². The van der Waals surface area contributed by atoms with E-state index in [9.17, 15) is 9.59 Å². The number of fused-ring (bicyclic) bond motifs is 1. The van der Waals surface area contributed by atoms with E-state index in [-0.39, 0.29) is 30.0 Å². The van der Waals surface area contributed by atoms with Crippen molar-refractivity contribution in [2.45, 2.75) is 59.4 Å². The van der Waals surface area contributed by atoms with Crippen molar-refractivity contribution in [1.82, 2.24) is 19.7 Å². The van der Waals surface area contributed by atoms with Gasteiger partial charge in [0.25, 0.3) is 0 Å². The number of nitrogens with zero attached hydrogens (tertiary/aromatic N) is 5. The first-order chi connectivity index (χ1) is 18.4. The lowest BCUT2D eigenvalue weighted by atomic mass is 9.82. The molecule has 1 aliphatic carbocycles. The molecule has 3 heterocycles. The first-order valence-electron chi connectivity index (χ1n) is 13.3. The molecule has 198 valence electrons. The maximum absolute atomic E-state index is 13.7. The summed E-state index contributed by atoms with van der Waals surface area (Å²) in [6.07, 6.45) is 8.54. The Morgan fingerprint density at radius 1 is 1.16 bits per heavy atom. The van der Waals surface area contributed by atoms with Crippen molar-refractivity contribution in [1.29, 1.82) is 0 Å². The van der Waals surface area contributed by atoms with Gasteiger partial charge in [-0.15, -0.1) is 5.10 Å². The van der Waals surface area contributed by atoms with Crippen LogP contribution in [0.5, 0.6) is 0 Å². The molecule has 0 saturated heterocycles. The van der Waals surface area contributed by atoms with Gasteiger partial charge >= 0.3 is 5.97 Å². The second-order valence-corrected chi connectivity index (χ2v) is 10.2. The van der Waals surface area contributed by atoms with Crippen molar-refractivity contribution in [3.8, 4) is 17.0 Å². The molecule has 1 saturated carbocycles. The first kappa shape index (κ1) is 25.6. The van der Waals surface area contributed by atoms with Crippen LogP contribution >= 0.6 is 0 Å². The Balaban J connectivity index is 1.48. The average molecular weight is 516 g/mol. The third-order valence-corrected chi connectivity index (χ3v) is 7.15. The molecule has 0 radical (unpaired) electrons. The Kier molecular flexibility index (Phi) is 7.26. The Morgan fingerprint density at radius 2 is 1.89 bits per heavy atom. The summed E-state index contributed by atoms with van der Waals surface area (Å²) < 4.78 is 12.8. The fourth-order valence-corrected chi connectivity index (χ4v) is 5.04. The number of anilines is 1. The van der Waals surface area contributed by atoms with Crippen LogP contribution in [0.4, 0.5) is 5.82 Å². The molecule has 0 atom stereocenters. The van der Waals surface area contributed by atoms with E-state index in [0.29, 0.717) is 23.1 Å². The number of carbonyl (C=O) groups is 2. The second-order valence-electron chi connectivity index (χ2n) is 10.2. The molecule has 0 unspecified atom stereocenters. The predicted octanol–water partition coefficient (Wildman–Crippen LogP) is 5.82. The van der Waals surface area contributed by atoms with Crippen LogP contribution in [0.2, 0.25) is 0 Å². The van der Waals surface area contributed by atoms with Crippen molar-refractivity contribution in [2.24, 2.45) is 11.8 Å². The Hall–Kier alpha value is -4.01. The molecular weight excluding hydrogens is 482 g/mol. The van der Waals surface area contributed by atoms with E-state index >= 15 is 0 Å². The molecule has 9 heteroatoms. The maximum Gasteiger partial charge on any atom is 0.343 e. The molecule has 0 bridgehead atoms. The molecule has 38 heavy (non-hydrogen) atoms. The Bertz CT molecular complexity index is 1400. The molecule has 1 aliphatic rings. The number of benzene rings is 1. The molecule has 0 N–H and O–H groups in total. The highest BCUT2D eigenvalue weighted by atomic mass is 16.5. The van der Waals surface area contributed by atoms with E-state index in [1.165, 1.54) is 6.33 Å². The van der Waals surface area contributed by atoms with Gasteiger partial charge in [0.1, 0.15) is 23.2 Å². The first-order valence-corrected chi connectivity index (χ1v) is 13.3. The molecule has 1 fully saturated rings. The number of hydrogen-bond donors (Lipinski definition) is 0. The van der Waals surface area contributed by atoms with Gasteiger partial charge in [-0.2, -0.15) is 0 Å². The van der Waals surface area contributed by atoms with Crippen LogP contribution in [0.1, 0.15) is 63.7 Å². The fraction of sp³-hybridized carbons (Fsp3) is 0.414. The van der Waals surface area contributed by atoms with E-state index < -0.39 is 5.97 Å². The summed E-state index contributed by atoms with van der Waals surface area (Å²) in [5.41, 5.74) is 3.24. The van der Waals surface area contributed by atoms with Gasteiger partial charge < -0.3 is 9.15 Å². The third-order valence-electron chi connectivity index (χ3n) is 7.15. The molecular formula is C29H33N5O4. The summed E-state index contributed by atoms with van der Waals surface area (Å²) >= 11 is 0. The van der Waals surface area contributed by atoms with E-state index in [4.69, 9.17) is 14.3 Å². The molecule has 4 aromatic rings. The number of rotatable bonds is 7. The van der Waals surface area contributed by atoms with Gasteiger partial charge in [-0.25, -0.2) is 19.4 Å². The lowest BCUT2D eigenvalue weighted by Gasteiger charge is -2.32. The maximum atomic E-state index is 13.7. The summed E-state index contributed by atoms with van der Waals surface area (Å²) in [4.78, 5) is 36.6. The number of esters is 1. The summed E-state index contributed by atoms with van der Waals surface area (Å²) in [5, 5.41) is 4.75. The minimum Gasteiger partial charge on any atom is -0.462 e. The zero-order valence-corrected chi connectivity index (χ0v) is 22.3. The van der Waals surface area contributed by atoms with Crippen LogP contribution in [0.15, 0.2) is 53.5 Å². The molecule has 1 amide bonds. The van der Waals surface area contributed by atoms with Crippen LogP contribution in [0, 0.1) is 11.8 Å². The van der Waals surface area contributed by atoms with Crippen molar-refractivity contribution in [2.75, 3.05) is 11.5 Å². The van der Waals surface area contributed by atoms with Crippen molar-refractivity contribution in [3.63, 3.8) is 0 Å². The minimum absolute atomic E-state index is 0.0195. The Labute approximate surface area is 221 Å². The van der Waals surface area contributed by atoms with E-state index in [1.807, 2.05) is 44.2 Å². The monoisotopic (exact) mass is 515 g/mol. The van der Waals surface area contributed by atoms with Gasteiger partial charge in [0.05, 0.1) is 18.5 Å². The number of carbonyl (C=O) groups excluding carboxylic acids is 2. The van der Waals surface area contributed by atoms with Crippen LogP contribution in [0.25, 0.3) is 28.1 Å². The van der Waals surface area contributed by atoms with Crippen molar-refractivity contribution < 1.29 is 18.7 Å². The summed E-state index contributed by atoms with van der Waals surface area (Å²) in [6.45, 7) is 8.12. The van der Waals surface area contributed by atoms with Gasteiger partial charge in [-0.3, -0.25) is 9.69 Å². The minimum atomic E-state index is -0.496. The van der Waals surface area contributed by atoms with E-state index in [1.54, 1.807) is 28.9 Å².